The van der Waals surface area contributed by atoms with Gasteiger partial charge in [0.15, 0.2) is 0 Å². The number of thiocarbonyl (C=S) groups is 1. The number of hydrogen-bond donors (Lipinski definition) is 1. The molecule has 0 aromatic carbocycles. The summed E-state index contributed by atoms with van der Waals surface area (Å²) in [6.45, 7) is 9.76. The first-order chi connectivity index (χ1) is 4.76. The highest BCUT2D eigenvalue weighted by atomic mass is 32.1. The molecule has 0 unspecified atom stereocenters. The van der Waals surface area contributed by atoms with Crippen LogP contribution in [-0.2, 0) is 0 Å². The summed E-state index contributed by atoms with van der Waals surface area (Å²) >= 11 is 5.07. The van der Waals surface area contributed by atoms with E-state index >= 15 is 0 Å². The maximum Gasteiger partial charge on any atom is 0.109 e. The Balaban J connectivity index is 4.26. The molecule has 3 heteroatoms. The minimum atomic E-state index is -0.131. The SMILES string of the molecule is CC(C)N(O)C(=S)C(C)(C)C. The molecule has 0 fully saturated rings. The van der Waals surface area contributed by atoms with Crippen molar-refractivity contribution in [3.63, 3.8) is 0 Å². The molecule has 2 nitrogen and oxygen atoms in total. The van der Waals surface area contributed by atoms with Gasteiger partial charge in [-0.25, -0.2) is 5.06 Å². The standard InChI is InChI=1S/C8H17NOS/c1-6(2)9(10)7(11)8(3,4)5/h6,10H,1-5H3. The zero-order valence-corrected chi connectivity index (χ0v) is 8.70. The van der Waals surface area contributed by atoms with Crippen LogP contribution in [0.2, 0.25) is 0 Å². The van der Waals surface area contributed by atoms with Gasteiger partial charge in [-0.3, -0.25) is 5.21 Å². The fourth-order valence-electron chi connectivity index (χ4n) is 0.578. The van der Waals surface area contributed by atoms with E-state index in [9.17, 15) is 5.21 Å². The third-order valence-corrected chi connectivity index (χ3v) is 2.14. The Labute approximate surface area is 74.2 Å². The Morgan fingerprint density at radius 1 is 1.36 bits per heavy atom. The molecular weight excluding hydrogens is 158 g/mol. The van der Waals surface area contributed by atoms with Crippen molar-refractivity contribution >= 4 is 17.2 Å². The first-order valence-electron chi connectivity index (χ1n) is 3.79. The Bertz CT molecular complexity index is 149. The van der Waals surface area contributed by atoms with Crippen LogP contribution in [0.25, 0.3) is 0 Å². The Morgan fingerprint density at radius 2 is 1.73 bits per heavy atom. The van der Waals surface area contributed by atoms with Gasteiger partial charge in [-0.1, -0.05) is 33.0 Å². The molecule has 0 aliphatic rings. The van der Waals surface area contributed by atoms with E-state index < -0.39 is 0 Å². The summed E-state index contributed by atoms with van der Waals surface area (Å²) in [5.41, 5.74) is -0.131. The second kappa shape index (κ2) is 3.50. The van der Waals surface area contributed by atoms with Crippen molar-refractivity contribution in [1.29, 1.82) is 0 Å². The van der Waals surface area contributed by atoms with E-state index in [0.29, 0.717) is 4.99 Å². The average Bonchev–Trinajstić information content (AvgIpc) is 1.82. The van der Waals surface area contributed by atoms with Crippen molar-refractivity contribution in [2.75, 3.05) is 0 Å². The van der Waals surface area contributed by atoms with Crippen LogP contribution in [-0.4, -0.2) is 21.3 Å². The number of hydroxylamine groups is 2. The number of nitrogens with zero attached hydrogens (tertiary/aromatic N) is 1. The van der Waals surface area contributed by atoms with E-state index in [1.54, 1.807) is 0 Å². The van der Waals surface area contributed by atoms with Gasteiger partial charge in [0, 0.05) is 5.41 Å². The zero-order chi connectivity index (χ0) is 9.23. The Kier molecular flexibility index (Phi) is 3.45. The number of hydrogen-bond acceptors (Lipinski definition) is 2. The first-order valence-corrected chi connectivity index (χ1v) is 4.20. The van der Waals surface area contributed by atoms with Crippen molar-refractivity contribution in [1.82, 2.24) is 5.06 Å². The van der Waals surface area contributed by atoms with Gasteiger partial charge in [-0.05, 0) is 13.8 Å². The predicted octanol–water partition coefficient (Wildman–Crippen LogP) is 2.46. The normalized spacial score (nSPS) is 11.9. The molecule has 0 aromatic rings. The second-order valence-electron chi connectivity index (χ2n) is 3.99. The lowest BCUT2D eigenvalue weighted by Gasteiger charge is -2.30. The second-order valence-corrected chi connectivity index (χ2v) is 4.38. The minimum Gasteiger partial charge on any atom is -0.288 e. The highest BCUT2D eigenvalue weighted by Gasteiger charge is 2.23. The smallest absolute Gasteiger partial charge is 0.109 e. The monoisotopic (exact) mass is 175 g/mol. The molecule has 0 aliphatic heterocycles. The third-order valence-electron chi connectivity index (χ3n) is 1.34. The highest BCUT2D eigenvalue weighted by Crippen LogP contribution is 2.19. The molecule has 0 spiro atoms. The zero-order valence-electron chi connectivity index (χ0n) is 7.88. The van der Waals surface area contributed by atoms with Crippen LogP contribution in [0.5, 0.6) is 0 Å². The van der Waals surface area contributed by atoms with Gasteiger partial charge in [0.25, 0.3) is 0 Å². The van der Waals surface area contributed by atoms with Crippen molar-refractivity contribution in [2.24, 2.45) is 5.41 Å². The van der Waals surface area contributed by atoms with Crippen LogP contribution in [0.1, 0.15) is 34.6 Å². The van der Waals surface area contributed by atoms with E-state index in [0.717, 1.165) is 5.06 Å². The predicted molar refractivity (Wildman–Crippen MR) is 50.8 cm³/mol. The van der Waals surface area contributed by atoms with E-state index in [2.05, 4.69) is 0 Å². The quantitative estimate of drug-likeness (QED) is 0.489. The fraction of sp³-hybridized carbons (Fsp3) is 0.875. The molecule has 0 rings (SSSR count). The molecule has 0 bridgehead atoms. The highest BCUT2D eigenvalue weighted by molar-refractivity contribution is 7.80. The van der Waals surface area contributed by atoms with E-state index in [1.165, 1.54) is 0 Å². The molecule has 0 saturated carbocycles. The van der Waals surface area contributed by atoms with Crippen molar-refractivity contribution in [2.45, 2.75) is 40.7 Å². The average molecular weight is 175 g/mol. The van der Waals surface area contributed by atoms with Gasteiger partial charge in [0.05, 0.1) is 6.04 Å². The maximum atomic E-state index is 9.42. The Hall–Kier alpha value is -0.150. The number of rotatable bonds is 1. The van der Waals surface area contributed by atoms with Crippen molar-refractivity contribution < 1.29 is 5.21 Å². The van der Waals surface area contributed by atoms with E-state index in [1.807, 2.05) is 34.6 Å². The van der Waals surface area contributed by atoms with E-state index in [4.69, 9.17) is 12.2 Å². The molecular formula is C8H17NOS. The van der Waals surface area contributed by atoms with E-state index in [-0.39, 0.29) is 11.5 Å². The molecule has 11 heavy (non-hydrogen) atoms. The van der Waals surface area contributed by atoms with Gasteiger partial charge >= 0.3 is 0 Å². The molecule has 66 valence electrons. The van der Waals surface area contributed by atoms with Gasteiger partial charge in [0.1, 0.15) is 4.99 Å². The molecule has 0 aromatic heterocycles. The third kappa shape index (κ3) is 3.16. The molecule has 0 atom stereocenters. The van der Waals surface area contributed by atoms with Crippen molar-refractivity contribution in [3.8, 4) is 0 Å². The van der Waals surface area contributed by atoms with Crippen LogP contribution in [0.3, 0.4) is 0 Å². The van der Waals surface area contributed by atoms with Crippen LogP contribution in [0.15, 0.2) is 0 Å². The van der Waals surface area contributed by atoms with Gasteiger partial charge < -0.3 is 0 Å². The summed E-state index contributed by atoms with van der Waals surface area (Å²) in [5, 5.41) is 10.6. The molecule has 0 heterocycles. The van der Waals surface area contributed by atoms with Crippen LogP contribution < -0.4 is 0 Å². The van der Waals surface area contributed by atoms with Gasteiger partial charge in [-0.15, -0.1) is 0 Å². The Morgan fingerprint density at radius 3 is 1.82 bits per heavy atom. The molecule has 0 amide bonds. The molecule has 0 aliphatic carbocycles. The molecule has 1 N–H and O–H groups in total. The first kappa shape index (κ1) is 10.8. The lowest BCUT2D eigenvalue weighted by atomic mass is 9.96. The fourth-order valence-corrected chi connectivity index (χ4v) is 0.789. The lowest BCUT2D eigenvalue weighted by molar-refractivity contribution is -0.0466. The molecule has 0 saturated heterocycles. The summed E-state index contributed by atoms with van der Waals surface area (Å²) in [5.74, 6) is 0. The maximum absolute atomic E-state index is 9.42. The summed E-state index contributed by atoms with van der Waals surface area (Å²) in [4.78, 5) is 0.590. The topological polar surface area (TPSA) is 23.5 Å². The largest absolute Gasteiger partial charge is 0.288 e. The van der Waals surface area contributed by atoms with Gasteiger partial charge in [0.2, 0.25) is 0 Å². The summed E-state index contributed by atoms with van der Waals surface area (Å²) in [6.07, 6.45) is 0. The lowest BCUT2D eigenvalue weighted by Crippen LogP contribution is -2.39. The van der Waals surface area contributed by atoms with Gasteiger partial charge in [-0.2, -0.15) is 0 Å². The van der Waals surface area contributed by atoms with Crippen LogP contribution in [0.4, 0.5) is 0 Å². The molecule has 0 radical (unpaired) electrons. The van der Waals surface area contributed by atoms with Crippen LogP contribution >= 0.6 is 12.2 Å². The summed E-state index contributed by atoms with van der Waals surface area (Å²) in [7, 11) is 0. The summed E-state index contributed by atoms with van der Waals surface area (Å²) < 4.78 is 0. The van der Waals surface area contributed by atoms with Crippen molar-refractivity contribution in [3.05, 3.63) is 0 Å². The van der Waals surface area contributed by atoms with Crippen LogP contribution in [0, 0.1) is 5.41 Å². The summed E-state index contributed by atoms with van der Waals surface area (Å²) in [6, 6.07) is 0.0572. The minimum absolute atomic E-state index is 0.0572.